The SMILES string of the molecule is CCCCCCCCCCCCCCCCCN1CCNC1. The van der Waals surface area contributed by atoms with Crippen LogP contribution in [-0.2, 0) is 0 Å². The Kier molecular flexibility index (Phi) is 14.3. The number of nitrogens with one attached hydrogen (secondary N) is 1. The van der Waals surface area contributed by atoms with Gasteiger partial charge < -0.3 is 5.32 Å². The Morgan fingerprint density at radius 3 is 1.50 bits per heavy atom. The van der Waals surface area contributed by atoms with Crippen molar-refractivity contribution in [1.29, 1.82) is 0 Å². The summed E-state index contributed by atoms with van der Waals surface area (Å²) in [6.07, 6.45) is 21.9. The summed E-state index contributed by atoms with van der Waals surface area (Å²) >= 11 is 0. The maximum atomic E-state index is 3.40. The first-order chi connectivity index (χ1) is 10.9. The summed E-state index contributed by atoms with van der Waals surface area (Å²) in [5.74, 6) is 0. The van der Waals surface area contributed by atoms with Gasteiger partial charge in [-0.3, -0.25) is 4.90 Å². The molecule has 0 bridgehead atoms. The van der Waals surface area contributed by atoms with Crippen LogP contribution in [-0.4, -0.2) is 31.2 Å². The van der Waals surface area contributed by atoms with Crippen molar-refractivity contribution in [3.8, 4) is 0 Å². The highest BCUT2D eigenvalue weighted by Gasteiger charge is 2.08. The summed E-state index contributed by atoms with van der Waals surface area (Å²) < 4.78 is 0. The number of hydrogen-bond acceptors (Lipinski definition) is 2. The lowest BCUT2D eigenvalue weighted by Gasteiger charge is -2.12. The normalized spacial score (nSPS) is 15.7. The largest absolute Gasteiger partial charge is 0.303 e. The van der Waals surface area contributed by atoms with Crippen molar-refractivity contribution in [3.05, 3.63) is 0 Å². The van der Waals surface area contributed by atoms with E-state index in [0.717, 1.165) is 6.67 Å². The molecule has 0 aromatic rings. The summed E-state index contributed by atoms with van der Waals surface area (Å²) in [5.41, 5.74) is 0. The molecular formula is C20H42N2. The number of nitrogens with zero attached hydrogens (tertiary/aromatic N) is 1. The zero-order valence-electron chi connectivity index (χ0n) is 15.4. The van der Waals surface area contributed by atoms with Crippen LogP contribution in [0.2, 0.25) is 0 Å². The number of hydrogen-bond donors (Lipinski definition) is 1. The quantitative estimate of drug-likeness (QED) is 0.367. The monoisotopic (exact) mass is 310 g/mol. The molecule has 0 atom stereocenters. The van der Waals surface area contributed by atoms with Gasteiger partial charge in [0.15, 0.2) is 0 Å². The molecule has 132 valence electrons. The third-order valence-electron chi connectivity index (χ3n) is 5.02. The third kappa shape index (κ3) is 12.5. The molecule has 1 aliphatic rings. The average Bonchev–Trinajstić information content (AvgIpc) is 3.04. The van der Waals surface area contributed by atoms with E-state index in [1.54, 1.807) is 0 Å². The van der Waals surface area contributed by atoms with Crippen molar-refractivity contribution in [3.63, 3.8) is 0 Å². The van der Waals surface area contributed by atoms with E-state index >= 15 is 0 Å². The van der Waals surface area contributed by atoms with Gasteiger partial charge in [-0.1, -0.05) is 96.8 Å². The van der Waals surface area contributed by atoms with Crippen molar-refractivity contribution in [2.45, 2.75) is 103 Å². The maximum absolute atomic E-state index is 3.40. The molecule has 1 fully saturated rings. The Labute approximate surface area is 140 Å². The van der Waals surface area contributed by atoms with Crippen LogP contribution in [0.4, 0.5) is 0 Å². The van der Waals surface area contributed by atoms with Crippen LogP contribution in [0.1, 0.15) is 103 Å². The molecule has 0 amide bonds. The Hall–Kier alpha value is -0.0800. The van der Waals surface area contributed by atoms with Crippen LogP contribution in [0, 0.1) is 0 Å². The molecule has 2 heteroatoms. The van der Waals surface area contributed by atoms with Gasteiger partial charge in [0, 0.05) is 19.8 Å². The lowest BCUT2D eigenvalue weighted by molar-refractivity contribution is 0.324. The summed E-state index contributed by atoms with van der Waals surface area (Å²) in [6.45, 7) is 7.19. The van der Waals surface area contributed by atoms with Crippen LogP contribution in [0.3, 0.4) is 0 Å². The molecule has 1 heterocycles. The van der Waals surface area contributed by atoms with Crippen molar-refractivity contribution < 1.29 is 0 Å². The molecule has 1 saturated heterocycles. The molecule has 2 nitrogen and oxygen atoms in total. The second-order valence-corrected chi connectivity index (χ2v) is 7.23. The van der Waals surface area contributed by atoms with E-state index in [1.807, 2.05) is 0 Å². The first kappa shape index (κ1) is 20.0. The van der Waals surface area contributed by atoms with E-state index in [-0.39, 0.29) is 0 Å². The Morgan fingerprint density at radius 1 is 0.636 bits per heavy atom. The molecule has 0 saturated carbocycles. The Bertz CT molecular complexity index is 212. The smallest absolute Gasteiger partial charge is 0.0481 e. The minimum absolute atomic E-state index is 1.12. The zero-order valence-corrected chi connectivity index (χ0v) is 15.4. The molecule has 0 aliphatic carbocycles. The van der Waals surface area contributed by atoms with Gasteiger partial charge in [0.1, 0.15) is 0 Å². The molecule has 1 rings (SSSR count). The van der Waals surface area contributed by atoms with Crippen molar-refractivity contribution in [2.75, 3.05) is 26.3 Å². The van der Waals surface area contributed by atoms with E-state index in [2.05, 4.69) is 17.1 Å². The fourth-order valence-electron chi connectivity index (χ4n) is 3.45. The predicted molar refractivity (Wildman–Crippen MR) is 99.4 cm³/mol. The Morgan fingerprint density at radius 2 is 1.09 bits per heavy atom. The fraction of sp³-hybridized carbons (Fsp3) is 1.00. The molecule has 0 aromatic carbocycles. The maximum Gasteiger partial charge on any atom is 0.0481 e. The third-order valence-corrected chi connectivity index (χ3v) is 5.02. The van der Waals surface area contributed by atoms with Gasteiger partial charge in [0.05, 0.1) is 0 Å². The van der Waals surface area contributed by atoms with E-state index in [9.17, 15) is 0 Å². The highest BCUT2D eigenvalue weighted by Crippen LogP contribution is 2.13. The lowest BCUT2D eigenvalue weighted by Crippen LogP contribution is -2.22. The highest BCUT2D eigenvalue weighted by molar-refractivity contribution is 4.65. The van der Waals surface area contributed by atoms with Crippen LogP contribution in [0.5, 0.6) is 0 Å². The highest BCUT2D eigenvalue weighted by atomic mass is 15.3. The minimum atomic E-state index is 1.12. The summed E-state index contributed by atoms with van der Waals surface area (Å²) in [4.78, 5) is 2.54. The first-order valence-corrected chi connectivity index (χ1v) is 10.4. The van der Waals surface area contributed by atoms with Gasteiger partial charge >= 0.3 is 0 Å². The first-order valence-electron chi connectivity index (χ1n) is 10.4. The summed E-state index contributed by atoms with van der Waals surface area (Å²) in [5, 5.41) is 3.40. The van der Waals surface area contributed by atoms with Gasteiger partial charge in [-0.25, -0.2) is 0 Å². The van der Waals surface area contributed by atoms with Gasteiger partial charge in [-0.2, -0.15) is 0 Å². The molecule has 22 heavy (non-hydrogen) atoms. The molecule has 1 aliphatic heterocycles. The summed E-state index contributed by atoms with van der Waals surface area (Å²) in [6, 6.07) is 0. The van der Waals surface area contributed by atoms with Crippen LogP contribution in [0.25, 0.3) is 0 Å². The van der Waals surface area contributed by atoms with Crippen LogP contribution in [0.15, 0.2) is 0 Å². The molecule has 0 spiro atoms. The van der Waals surface area contributed by atoms with E-state index in [4.69, 9.17) is 0 Å². The molecule has 1 N–H and O–H groups in total. The summed E-state index contributed by atoms with van der Waals surface area (Å²) in [7, 11) is 0. The molecular weight excluding hydrogens is 268 g/mol. The Balaban J connectivity index is 1.64. The zero-order chi connectivity index (χ0) is 15.7. The van der Waals surface area contributed by atoms with Gasteiger partial charge in [-0.15, -0.1) is 0 Å². The topological polar surface area (TPSA) is 15.3 Å². The van der Waals surface area contributed by atoms with Crippen LogP contribution >= 0.6 is 0 Å². The van der Waals surface area contributed by atoms with Crippen molar-refractivity contribution in [1.82, 2.24) is 10.2 Å². The van der Waals surface area contributed by atoms with Crippen LogP contribution < -0.4 is 5.32 Å². The van der Waals surface area contributed by atoms with E-state index < -0.39 is 0 Å². The number of rotatable bonds is 16. The van der Waals surface area contributed by atoms with Gasteiger partial charge in [-0.05, 0) is 13.0 Å². The van der Waals surface area contributed by atoms with E-state index in [0.29, 0.717) is 0 Å². The predicted octanol–water partition coefficient (Wildman–Crippen LogP) is 5.72. The number of unbranched alkanes of at least 4 members (excludes halogenated alkanes) is 14. The molecule has 0 radical (unpaired) electrons. The standard InChI is InChI=1S/C20H42N2/c1-2-3-4-5-6-7-8-9-10-11-12-13-14-15-16-18-22-19-17-21-20-22/h21H,2-20H2,1H3. The second-order valence-electron chi connectivity index (χ2n) is 7.23. The van der Waals surface area contributed by atoms with Crippen molar-refractivity contribution in [2.24, 2.45) is 0 Å². The minimum Gasteiger partial charge on any atom is -0.303 e. The van der Waals surface area contributed by atoms with Gasteiger partial charge in [0.2, 0.25) is 0 Å². The fourth-order valence-corrected chi connectivity index (χ4v) is 3.45. The second kappa shape index (κ2) is 15.8. The molecule has 0 aromatic heterocycles. The van der Waals surface area contributed by atoms with E-state index in [1.165, 1.54) is 116 Å². The van der Waals surface area contributed by atoms with Crippen molar-refractivity contribution >= 4 is 0 Å². The van der Waals surface area contributed by atoms with Gasteiger partial charge in [0.25, 0.3) is 0 Å². The molecule has 0 unspecified atom stereocenters. The lowest BCUT2D eigenvalue weighted by atomic mass is 10.0. The average molecular weight is 311 g/mol.